The van der Waals surface area contributed by atoms with Crippen molar-refractivity contribution < 1.29 is 9.32 Å². The lowest BCUT2D eigenvalue weighted by Crippen LogP contribution is -2.38. The van der Waals surface area contributed by atoms with Gasteiger partial charge in [0.1, 0.15) is 5.01 Å². The minimum absolute atomic E-state index is 0.0592. The van der Waals surface area contributed by atoms with Gasteiger partial charge in [-0.2, -0.15) is 4.98 Å². The van der Waals surface area contributed by atoms with E-state index >= 15 is 0 Å². The summed E-state index contributed by atoms with van der Waals surface area (Å²) in [5.41, 5.74) is 3.21. The molecule has 5 rings (SSSR count). The van der Waals surface area contributed by atoms with Gasteiger partial charge in [0.05, 0.1) is 16.3 Å². The van der Waals surface area contributed by atoms with E-state index in [1.165, 1.54) is 10.3 Å². The van der Waals surface area contributed by atoms with Crippen molar-refractivity contribution in [2.75, 3.05) is 6.54 Å². The van der Waals surface area contributed by atoms with E-state index in [1.54, 1.807) is 11.3 Å². The summed E-state index contributed by atoms with van der Waals surface area (Å²) >= 11 is 1.70. The maximum Gasteiger partial charge on any atom is 0.227 e. The number of hydrogen-bond acceptors (Lipinski definition) is 6. The molecule has 2 aromatic heterocycles. The minimum atomic E-state index is 0.0592. The van der Waals surface area contributed by atoms with E-state index in [9.17, 15) is 4.79 Å². The Morgan fingerprint density at radius 2 is 1.97 bits per heavy atom. The molecule has 0 saturated carbocycles. The summed E-state index contributed by atoms with van der Waals surface area (Å²) < 4.78 is 6.59. The number of benzene rings is 2. The standard InChI is InChI=1S/C25H26N4O2S/c1-2-17-10-12-18(13-11-17)24-27-22(31-28-24)14-15-23(30)29-16-6-5-8-20(29)25-26-19-7-3-4-9-21(19)32-25/h3-4,7,9-13,20H,2,5-6,8,14-16H2,1H3. The Balaban J connectivity index is 1.26. The number of thiazole rings is 1. The number of aryl methyl sites for hydroxylation is 2. The summed E-state index contributed by atoms with van der Waals surface area (Å²) in [6.07, 6.45) is 4.91. The van der Waals surface area contributed by atoms with Crippen molar-refractivity contribution >= 4 is 27.5 Å². The zero-order chi connectivity index (χ0) is 21.9. The van der Waals surface area contributed by atoms with Gasteiger partial charge < -0.3 is 9.42 Å². The van der Waals surface area contributed by atoms with Gasteiger partial charge in [0, 0.05) is 24.9 Å². The number of likely N-dealkylation sites (tertiary alicyclic amines) is 1. The summed E-state index contributed by atoms with van der Waals surface area (Å²) in [5.74, 6) is 1.20. The van der Waals surface area contributed by atoms with Gasteiger partial charge in [0.25, 0.3) is 0 Å². The van der Waals surface area contributed by atoms with E-state index in [0.717, 1.165) is 48.3 Å². The van der Waals surface area contributed by atoms with Crippen LogP contribution in [0.1, 0.15) is 55.1 Å². The quantitative estimate of drug-likeness (QED) is 0.386. The Morgan fingerprint density at radius 1 is 1.12 bits per heavy atom. The fourth-order valence-corrected chi connectivity index (χ4v) is 5.36. The van der Waals surface area contributed by atoms with Crippen LogP contribution in [-0.4, -0.2) is 32.5 Å². The largest absolute Gasteiger partial charge is 0.339 e. The van der Waals surface area contributed by atoms with Gasteiger partial charge in [-0.05, 0) is 43.4 Å². The molecular formula is C25H26N4O2S. The Hall–Kier alpha value is -3.06. The zero-order valence-corrected chi connectivity index (χ0v) is 19.0. The van der Waals surface area contributed by atoms with E-state index < -0.39 is 0 Å². The highest BCUT2D eigenvalue weighted by atomic mass is 32.1. The predicted molar refractivity (Wildman–Crippen MR) is 125 cm³/mol. The molecule has 0 radical (unpaired) electrons. The molecule has 2 aromatic carbocycles. The highest BCUT2D eigenvalue weighted by molar-refractivity contribution is 7.18. The molecule has 1 aliphatic heterocycles. The van der Waals surface area contributed by atoms with Gasteiger partial charge in [-0.15, -0.1) is 11.3 Å². The van der Waals surface area contributed by atoms with Gasteiger partial charge in [-0.1, -0.05) is 48.5 Å². The second-order valence-corrected chi connectivity index (χ2v) is 9.24. The Morgan fingerprint density at radius 3 is 2.78 bits per heavy atom. The minimum Gasteiger partial charge on any atom is -0.339 e. The number of rotatable bonds is 6. The molecule has 1 unspecified atom stereocenters. The molecule has 7 heteroatoms. The van der Waals surface area contributed by atoms with E-state index in [4.69, 9.17) is 9.51 Å². The normalized spacial score (nSPS) is 16.5. The van der Waals surface area contributed by atoms with Crippen molar-refractivity contribution in [1.29, 1.82) is 0 Å². The highest BCUT2D eigenvalue weighted by Gasteiger charge is 2.30. The van der Waals surface area contributed by atoms with Gasteiger partial charge in [-0.25, -0.2) is 4.98 Å². The summed E-state index contributed by atoms with van der Waals surface area (Å²) in [6, 6.07) is 16.4. The first kappa shape index (κ1) is 20.8. The number of carbonyl (C=O) groups is 1. The van der Waals surface area contributed by atoms with Crippen molar-refractivity contribution in [3.63, 3.8) is 0 Å². The number of amides is 1. The van der Waals surface area contributed by atoms with Crippen LogP contribution in [0.25, 0.3) is 21.6 Å². The summed E-state index contributed by atoms with van der Waals surface area (Å²) in [6.45, 7) is 2.90. The second kappa shape index (κ2) is 9.20. The van der Waals surface area contributed by atoms with Crippen molar-refractivity contribution in [2.45, 2.75) is 51.5 Å². The molecule has 0 N–H and O–H groups in total. The smallest absolute Gasteiger partial charge is 0.227 e. The van der Waals surface area contributed by atoms with Gasteiger partial charge >= 0.3 is 0 Å². The van der Waals surface area contributed by atoms with E-state index in [0.29, 0.717) is 24.6 Å². The molecule has 4 aromatic rings. The third-order valence-electron chi connectivity index (χ3n) is 6.06. The van der Waals surface area contributed by atoms with Crippen LogP contribution in [-0.2, 0) is 17.6 Å². The van der Waals surface area contributed by atoms with Crippen molar-refractivity contribution in [2.24, 2.45) is 0 Å². The lowest BCUT2D eigenvalue weighted by molar-refractivity contribution is -0.135. The number of carbonyl (C=O) groups excluding carboxylic acids is 1. The number of piperidine rings is 1. The molecule has 3 heterocycles. The van der Waals surface area contributed by atoms with E-state index in [2.05, 4.69) is 35.3 Å². The average molecular weight is 447 g/mol. The molecule has 1 atom stereocenters. The number of hydrogen-bond donors (Lipinski definition) is 0. The van der Waals surface area contributed by atoms with Crippen LogP contribution in [0.3, 0.4) is 0 Å². The first-order valence-electron chi connectivity index (χ1n) is 11.3. The van der Waals surface area contributed by atoms with Crippen molar-refractivity contribution in [1.82, 2.24) is 20.0 Å². The van der Waals surface area contributed by atoms with Crippen LogP contribution < -0.4 is 0 Å². The molecule has 0 bridgehead atoms. The first-order chi connectivity index (χ1) is 15.7. The lowest BCUT2D eigenvalue weighted by Gasteiger charge is -2.34. The second-order valence-electron chi connectivity index (χ2n) is 8.18. The Bertz CT molecular complexity index is 1180. The molecule has 0 aliphatic carbocycles. The van der Waals surface area contributed by atoms with Crippen LogP contribution in [0.5, 0.6) is 0 Å². The molecule has 1 saturated heterocycles. The topological polar surface area (TPSA) is 72.1 Å². The van der Waals surface area contributed by atoms with Crippen LogP contribution in [0, 0.1) is 0 Å². The highest BCUT2D eigenvalue weighted by Crippen LogP contribution is 2.36. The van der Waals surface area contributed by atoms with Crippen LogP contribution in [0.2, 0.25) is 0 Å². The van der Waals surface area contributed by atoms with Crippen molar-refractivity contribution in [3.05, 3.63) is 65.0 Å². The van der Waals surface area contributed by atoms with Crippen LogP contribution in [0.15, 0.2) is 53.1 Å². The molecule has 164 valence electrons. The monoisotopic (exact) mass is 446 g/mol. The predicted octanol–water partition coefficient (Wildman–Crippen LogP) is 5.60. The van der Waals surface area contributed by atoms with Crippen molar-refractivity contribution in [3.8, 4) is 11.4 Å². The zero-order valence-electron chi connectivity index (χ0n) is 18.2. The number of fused-ring (bicyclic) bond motifs is 1. The molecule has 1 fully saturated rings. The molecule has 1 aliphatic rings. The lowest BCUT2D eigenvalue weighted by atomic mass is 10.0. The number of aromatic nitrogens is 3. The molecule has 32 heavy (non-hydrogen) atoms. The summed E-state index contributed by atoms with van der Waals surface area (Å²) in [4.78, 5) is 24.5. The summed E-state index contributed by atoms with van der Waals surface area (Å²) in [7, 11) is 0. The first-order valence-corrected chi connectivity index (χ1v) is 12.1. The average Bonchev–Trinajstić information content (AvgIpc) is 3.50. The summed E-state index contributed by atoms with van der Waals surface area (Å²) in [5, 5.41) is 5.14. The van der Waals surface area contributed by atoms with Crippen LogP contribution >= 0.6 is 11.3 Å². The van der Waals surface area contributed by atoms with Gasteiger partial charge in [0.2, 0.25) is 17.6 Å². The maximum absolute atomic E-state index is 13.1. The number of nitrogens with zero attached hydrogens (tertiary/aromatic N) is 4. The number of para-hydroxylation sites is 1. The van der Waals surface area contributed by atoms with E-state index in [-0.39, 0.29) is 11.9 Å². The van der Waals surface area contributed by atoms with E-state index in [1.807, 2.05) is 35.2 Å². The Kier molecular flexibility index (Phi) is 5.99. The van der Waals surface area contributed by atoms with Gasteiger partial charge in [-0.3, -0.25) is 4.79 Å². The fourth-order valence-electron chi connectivity index (χ4n) is 4.24. The molecule has 6 nitrogen and oxygen atoms in total. The van der Waals surface area contributed by atoms with Crippen LogP contribution in [0.4, 0.5) is 0 Å². The third-order valence-corrected chi connectivity index (χ3v) is 7.20. The van der Waals surface area contributed by atoms with Gasteiger partial charge in [0.15, 0.2) is 0 Å². The SMILES string of the molecule is CCc1ccc(-c2noc(CCC(=O)N3CCCCC3c3nc4ccccc4s3)n2)cc1. The molecule has 0 spiro atoms. The third kappa shape index (κ3) is 4.30. The fraction of sp³-hybridized carbons (Fsp3) is 0.360. The Labute approximate surface area is 191 Å². The maximum atomic E-state index is 13.1. The molecular weight excluding hydrogens is 420 g/mol. The molecule has 1 amide bonds.